The van der Waals surface area contributed by atoms with Gasteiger partial charge in [0.25, 0.3) is 0 Å². The van der Waals surface area contributed by atoms with Crippen molar-refractivity contribution in [2.75, 3.05) is 6.54 Å². The first kappa shape index (κ1) is 13.2. The summed E-state index contributed by atoms with van der Waals surface area (Å²) in [7, 11) is 0. The van der Waals surface area contributed by atoms with Gasteiger partial charge in [-0.2, -0.15) is 0 Å². The summed E-state index contributed by atoms with van der Waals surface area (Å²) in [5.41, 5.74) is 2.33. The number of phenolic OH excluding ortho intramolecular Hbond substituents is 2. The Balaban J connectivity index is 2.05. The van der Waals surface area contributed by atoms with Gasteiger partial charge in [0.05, 0.1) is 0 Å². The Morgan fingerprint density at radius 3 is 2.72 bits per heavy atom. The average Bonchev–Trinajstić information content (AvgIpc) is 2.36. The Bertz CT molecular complexity index is 404. The van der Waals surface area contributed by atoms with Crippen molar-refractivity contribution in [3.05, 3.63) is 23.3 Å². The molecule has 1 heterocycles. The van der Waals surface area contributed by atoms with Crippen molar-refractivity contribution >= 4 is 0 Å². The Morgan fingerprint density at radius 2 is 1.94 bits per heavy atom. The van der Waals surface area contributed by atoms with Crippen molar-refractivity contribution in [1.82, 2.24) is 5.32 Å². The van der Waals surface area contributed by atoms with Crippen LogP contribution >= 0.6 is 0 Å². The molecule has 3 nitrogen and oxygen atoms in total. The van der Waals surface area contributed by atoms with Gasteiger partial charge in [0, 0.05) is 6.04 Å². The van der Waals surface area contributed by atoms with E-state index in [9.17, 15) is 10.2 Å². The summed E-state index contributed by atoms with van der Waals surface area (Å²) < 4.78 is 0. The van der Waals surface area contributed by atoms with E-state index in [1.807, 2.05) is 0 Å². The van der Waals surface area contributed by atoms with E-state index in [0.29, 0.717) is 6.04 Å². The first-order valence-corrected chi connectivity index (χ1v) is 7.00. The normalized spacial score (nSPS) is 18.6. The van der Waals surface area contributed by atoms with Crippen LogP contribution in [0.4, 0.5) is 0 Å². The van der Waals surface area contributed by atoms with Crippen LogP contribution in [0.25, 0.3) is 0 Å². The topological polar surface area (TPSA) is 52.5 Å². The molecule has 0 aromatic heterocycles. The molecule has 100 valence electrons. The van der Waals surface area contributed by atoms with E-state index in [1.54, 1.807) is 12.1 Å². The molecule has 1 aromatic rings. The second-order valence-electron chi connectivity index (χ2n) is 5.15. The van der Waals surface area contributed by atoms with E-state index in [2.05, 4.69) is 12.2 Å². The summed E-state index contributed by atoms with van der Waals surface area (Å²) in [5, 5.41) is 22.7. The summed E-state index contributed by atoms with van der Waals surface area (Å²) in [6.07, 6.45) is 7.07. The number of rotatable bonds is 5. The van der Waals surface area contributed by atoms with Gasteiger partial charge in [-0.3, -0.25) is 0 Å². The van der Waals surface area contributed by atoms with Gasteiger partial charge in [-0.05, 0) is 42.6 Å². The molecule has 3 N–H and O–H groups in total. The first-order chi connectivity index (χ1) is 8.72. The standard InChI is InChI=1S/C15H23NO2/c1-2-3-4-5-6-13-12-10-15(18)14(17)9-11(12)7-8-16-13/h9-10,13,16-18H,2-8H2,1H3/t13-/m0/s1. The van der Waals surface area contributed by atoms with Crippen molar-refractivity contribution < 1.29 is 10.2 Å². The molecule has 1 aliphatic rings. The zero-order valence-electron chi connectivity index (χ0n) is 11.1. The molecule has 0 saturated carbocycles. The van der Waals surface area contributed by atoms with E-state index in [-0.39, 0.29) is 11.5 Å². The highest BCUT2D eigenvalue weighted by atomic mass is 16.3. The van der Waals surface area contributed by atoms with E-state index < -0.39 is 0 Å². The second kappa shape index (κ2) is 6.10. The van der Waals surface area contributed by atoms with Gasteiger partial charge >= 0.3 is 0 Å². The Labute approximate surface area is 109 Å². The maximum absolute atomic E-state index is 9.62. The van der Waals surface area contributed by atoms with Gasteiger partial charge in [0.15, 0.2) is 11.5 Å². The molecule has 0 spiro atoms. The van der Waals surface area contributed by atoms with Crippen LogP contribution in [0.5, 0.6) is 11.5 Å². The second-order valence-corrected chi connectivity index (χ2v) is 5.15. The molecule has 0 bridgehead atoms. The van der Waals surface area contributed by atoms with Crippen LogP contribution in [-0.2, 0) is 6.42 Å². The highest BCUT2D eigenvalue weighted by Gasteiger charge is 2.21. The first-order valence-electron chi connectivity index (χ1n) is 7.00. The van der Waals surface area contributed by atoms with Crippen molar-refractivity contribution in [3.63, 3.8) is 0 Å². The number of nitrogens with one attached hydrogen (secondary N) is 1. The van der Waals surface area contributed by atoms with Crippen LogP contribution in [0, 0.1) is 0 Å². The smallest absolute Gasteiger partial charge is 0.157 e. The minimum Gasteiger partial charge on any atom is -0.504 e. The lowest BCUT2D eigenvalue weighted by Crippen LogP contribution is -2.29. The third kappa shape index (κ3) is 2.96. The quantitative estimate of drug-likeness (QED) is 0.554. The van der Waals surface area contributed by atoms with Crippen LogP contribution in [0.1, 0.15) is 56.2 Å². The van der Waals surface area contributed by atoms with Crippen LogP contribution in [0.2, 0.25) is 0 Å². The summed E-state index contributed by atoms with van der Waals surface area (Å²) in [5.74, 6) is -0.00334. The minimum absolute atomic E-state index is 0.000355. The SMILES string of the molecule is CCCCCC[C@@H]1NCCc2cc(O)c(O)cc21. The number of hydrogen-bond donors (Lipinski definition) is 3. The lowest BCUT2D eigenvalue weighted by Gasteiger charge is -2.27. The monoisotopic (exact) mass is 249 g/mol. The maximum atomic E-state index is 9.62. The fourth-order valence-electron chi connectivity index (χ4n) is 2.70. The summed E-state index contributed by atoms with van der Waals surface area (Å²) >= 11 is 0. The van der Waals surface area contributed by atoms with Crippen molar-refractivity contribution in [3.8, 4) is 11.5 Å². The number of benzene rings is 1. The zero-order chi connectivity index (χ0) is 13.0. The third-order valence-electron chi connectivity index (χ3n) is 3.74. The minimum atomic E-state index is -0.00370. The van der Waals surface area contributed by atoms with Crippen molar-refractivity contribution in [2.24, 2.45) is 0 Å². The van der Waals surface area contributed by atoms with E-state index in [1.165, 1.54) is 31.2 Å². The molecule has 0 amide bonds. The van der Waals surface area contributed by atoms with Gasteiger partial charge < -0.3 is 15.5 Å². The largest absolute Gasteiger partial charge is 0.504 e. The highest BCUT2D eigenvalue weighted by molar-refractivity contribution is 5.47. The fourth-order valence-corrected chi connectivity index (χ4v) is 2.70. The van der Waals surface area contributed by atoms with Gasteiger partial charge in [0.2, 0.25) is 0 Å². The molecule has 0 aliphatic carbocycles. The number of unbranched alkanes of at least 4 members (excludes halogenated alkanes) is 3. The number of phenols is 2. The third-order valence-corrected chi connectivity index (χ3v) is 3.74. The van der Waals surface area contributed by atoms with Gasteiger partial charge in [-0.1, -0.05) is 32.6 Å². The number of aromatic hydroxyl groups is 2. The van der Waals surface area contributed by atoms with Crippen LogP contribution in [0.15, 0.2) is 12.1 Å². The van der Waals surface area contributed by atoms with Crippen molar-refractivity contribution in [2.45, 2.75) is 51.5 Å². The maximum Gasteiger partial charge on any atom is 0.157 e. The Hall–Kier alpha value is -1.22. The Morgan fingerprint density at radius 1 is 1.17 bits per heavy atom. The van der Waals surface area contributed by atoms with Gasteiger partial charge in [-0.25, -0.2) is 0 Å². The fraction of sp³-hybridized carbons (Fsp3) is 0.600. The molecule has 2 rings (SSSR count). The molecule has 1 aliphatic heterocycles. The van der Waals surface area contributed by atoms with Gasteiger partial charge in [-0.15, -0.1) is 0 Å². The van der Waals surface area contributed by atoms with Crippen LogP contribution < -0.4 is 5.32 Å². The average molecular weight is 249 g/mol. The lowest BCUT2D eigenvalue weighted by molar-refractivity contribution is 0.395. The molecular weight excluding hydrogens is 226 g/mol. The molecule has 0 fully saturated rings. The molecular formula is C15H23NO2. The molecule has 18 heavy (non-hydrogen) atoms. The zero-order valence-corrected chi connectivity index (χ0v) is 11.1. The highest BCUT2D eigenvalue weighted by Crippen LogP contribution is 2.35. The molecule has 1 aromatic carbocycles. The van der Waals surface area contributed by atoms with E-state index in [4.69, 9.17) is 0 Å². The number of hydrogen-bond acceptors (Lipinski definition) is 3. The summed E-state index contributed by atoms with van der Waals surface area (Å²) in [6.45, 7) is 3.17. The predicted molar refractivity (Wildman–Crippen MR) is 73.0 cm³/mol. The molecule has 1 atom stereocenters. The summed E-state index contributed by atoms with van der Waals surface area (Å²) in [4.78, 5) is 0. The van der Waals surface area contributed by atoms with Crippen molar-refractivity contribution in [1.29, 1.82) is 0 Å². The number of fused-ring (bicyclic) bond motifs is 1. The van der Waals surface area contributed by atoms with Crippen LogP contribution in [-0.4, -0.2) is 16.8 Å². The Kier molecular flexibility index (Phi) is 4.48. The molecule has 0 unspecified atom stereocenters. The van der Waals surface area contributed by atoms with Crippen LogP contribution in [0.3, 0.4) is 0 Å². The predicted octanol–water partition coefficient (Wildman–Crippen LogP) is 3.26. The van der Waals surface area contributed by atoms with E-state index >= 15 is 0 Å². The molecule has 3 heteroatoms. The summed E-state index contributed by atoms with van der Waals surface area (Å²) in [6, 6.07) is 3.77. The molecule has 0 saturated heterocycles. The lowest BCUT2D eigenvalue weighted by atomic mass is 9.90. The molecule has 0 radical (unpaired) electrons. The van der Waals surface area contributed by atoms with Gasteiger partial charge in [0.1, 0.15) is 0 Å². The van der Waals surface area contributed by atoms with E-state index in [0.717, 1.165) is 24.9 Å².